The SMILES string of the molecule is COc1cccc(C(=O)NN[C@H]2CC(=O)N(c3cccc(OC)c3)C2=O)c1. The standard InChI is InChI=1S/C19H19N3O5/c1-26-14-7-3-5-12(9-14)18(24)21-20-16-11-17(23)22(19(16)25)13-6-4-8-15(10-13)27-2/h3-10,16,20H,11H2,1-2H3,(H,21,24)/t16-/m0/s1. The highest BCUT2D eigenvalue weighted by Gasteiger charge is 2.39. The lowest BCUT2D eigenvalue weighted by Crippen LogP contribution is -2.48. The molecule has 8 nitrogen and oxygen atoms in total. The Hall–Kier alpha value is -3.39. The molecule has 1 heterocycles. The van der Waals surface area contributed by atoms with E-state index in [0.717, 1.165) is 4.90 Å². The summed E-state index contributed by atoms with van der Waals surface area (Å²) in [5.41, 5.74) is 5.90. The van der Waals surface area contributed by atoms with Crippen LogP contribution in [0.2, 0.25) is 0 Å². The second kappa shape index (κ2) is 7.88. The van der Waals surface area contributed by atoms with Gasteiger partial charge < -0.3 is 9.47 Å². The minimum absolute atomic E-state index is 0.0611. The number of hydrogen-bond acceptors (Lipinski definition) is 6. The molecule has 3 rings (SSSR count). The molecule has 8 heteroatoms. The number of nitrogens with one attached hydrogen (secondary N) is 2. The van der Waals surface area contributed by atoms with E-state index in [0.29, 0.717) is 22.7 Å². The Morgan fingerprint density at radius 2 is 1.70 bits per heavy atom. The number of carbonyl (C=O) groups is 3. The molecule has 0 aromatic heterocycles. The van der Waals surface area contributed by atoms with Gasteiger partial charge in [-0.1, -0.05) is 12.1 Å². The largest absolute Gasteiger partial charge is 0.497 e. The van der Waals surface area contributed by atoms with Crippen molar-refractivity contribution in [3.63, 3.8) is 0 Å². The van der Waals surface area contributed by atoms with E-state index in [4.69, 9.17) is 9.47 Å². The summed E-state index contributed by atoms with van der Waals surface area (Å²) in [5.74, 6) is -0.163. The molecule has 3 amide bonds. The van der Waals surface area contributed by atoms with Gasteiger partial charge in [-0.05, 0) is 30.3 Å². The van der Waals surface area contributed by atoms with Crippen molar-refractivity contribution >= 4 is 23.4 Å². The van der Waals surface area contributed by atoms with E-state index in [1.165, 1.54) is 14.2 Å². The Bertz CT molecular complexity index is 883. The summed E-state index contributed by atoms with van der Waals surface area (Å²) < 4.78 is 10.2. The van der Waals surface area contributed by atoms with Crippen molar-refractivity contribution in [2.75, 3.05) is 19.1 Å². The highest BCUT2D eigenvalue weighted by molar-refractivity contribution is 6.22. The van der Waals surface area contributed by atoms with Gasteiger partial charge in [0.1, 0.15) is 17.5 Å². The second-order valence-corrected chi connectivity index (χ2v) is 5.86. The number of anilines is 1. The van der Waals surface area contributed by atoms with Crippen LogP contribution in [0.5, 0.6) is 11.5 Å². The molecule has 0 saturated carbocycles. The van der Waals surface area contributed by atoms with Crippen LogP contribution in [-0.2, 0) is 9.59 Å². The maximum atomic E-state index is 12.6. The van der Waals surface area contributed by atoms with Crippen LogP contribution in [-0.4, -0.2) is 38.0 Å². The first kappa shape index (κ1) is 18.4. The third-order valence-corrected chi connectivity index (χ3v) is 4.15. The third kappa shape index (κ3) is 3.90. The summed E-state index contributed by atoms with van der Waals surface area (Å²) in [7, 11) is 3.01. The van der Waals surface area contributed by atoms with Crippen LogP contribution in [0.3, 0.4) is 0 Å². The number of ether oxygens (including phenoxy) is 2. The molecule has 1 aliphatic heterocycles. The summed E-state index contributed by atoms with van der Waals surface area (Å²) in [6.07, 6.45) is -0.0611. The highest BCUT2D eigenvalue weighted by Crippen LogP contribution is 2.26. The molecule has 1 saturated heterocycles. The van der Waals surface area contributed by atoms with E-state index < -0.39 is 17.9 Å². The first-order valence-electron chi connectivity index (χ1n) is 8.24. The van der Waals surface area contributed by atoms with Crippen LogP contribution in [0, 0.1) is 0 Å². The number of hydrazine groups is 1. The van der Waals surface area contributed by atoms with Crippen molar-refractivity contribution in [1.82, 2.24) is 10.9 Å². The fraction of sp³-hybridized carbons (Fsp3) is 0.211. The number of nitrogens with zero attached hydrogens (tertiary/aromatic N) is 1. The quantitative estimate of drug-likeness (QED) is 0.588. The lowest BCUT2D eigenvalue weighted by Gasteiger charge is -2.16. The Labute approximate surface area is 156 Å². The van der Waals surface area contributed by atoms with E-state index in [1.807, 2.05) is 0 Å². The lowest BCUT2D eigenvalue weighted by atomic mass is 10.2. The number of hydrogen-bond donors (Lipinski definition) is 2. The molecule has 2 aromatic rings. The number of rotatable bonds is 6. The smallest absolute Gasteiger partial charge is 0.265 e. The van der Waals surface area contributed by atoms with Gasteiger partial charge in [-0.2, -0.15) is 0 Å². The number of methoxy groups -OCH3 is 2. The summed E-state index contributed by atoms with van der Waals surface area (Å²) in [5, 5.41) is 0. The molecular weight excluding hydrogens is 350 g/mol. The first-order chi connectivity index (χ1) is 13.0. The third-order valence-electron chi connectivity index (χ3n) is 4.15. The van der Waals surface area contributed by atoms with Gasteiger partial charge in [0.15, 0.2) is 0 Å². The highest BCUT2D eigenvalue weighted by atomic mass is 16.5. The molecule has 140 valence electrons. The Morgan fingerprint density at radius 1 is 1.04 bits per heavy atom. The molecule has 2 N–H and O–H groups in total. The molecular formula is C19H19N3O5. The predicted octanol–water partition coefficient (Wildman–Crippen LogP) is 1.27. The van der Waals surface area contributed by atoms with Crippen molar-refractivity contribution in [3.8, 4) is 11.5 Å². The summed E-state index contributed by atoms with van der Waals surface area (Å²) >= 11 is 0. The van der Waals surface area contributed by atoms with Gasteiger partial charge >= 0.3 is 0 Å². The maximum Gasteiger partial charge on any atom is 0.265 e. The topological polar surface area (TPSA) is 97.0 Å². The molecule has 1 aliphatic rings. The average molecular weight is 369 g/mol. The number of amides is 3. The van der Waals surface area contributed by atoms with E-state index >= 15 is 0 Å². The van der Waals surface area contributed by atoms with Gasteiger partial charge in [0.2, 0.25) is 5.91 Å². The van der Waals surface area contributed by atoms with Gasteiger partial charge in [0, 0.05) is 11.6 Å². The van der Waals surface area contributed by atoms with Crippen LogP contribution in [0.25, 0.3) is 0 Å². The zero-order chi connectivity index (χ0) is 19.4. The van der Waals surface area contributed by atoms with Crippen molar-refractivity contribution < 1.29 is 23.9 Å². The van der Waals surface area contributed by atoms with Crippen molar-refractivity contribution in [2.24, 2.45) is 0 Å². The lowest BCUT2D eigenvalue weighted by molar-refractivity contribution is -0.121. The summed E-state index contributed by atoms with van der Waals surface area (Å²) in [6.45, 7) is 0. The molecule has 0 radical (unpaired) electrons. The minimum Gasteiger partial charge on any atom is -0.497 e. The molecule has 1 atom stereocenters. The summed E-state index contributed by atoms with van der Waals surface area (Å²) in [4.78, 5) is 38.2. The van der Waals surface area contributed by atoms with E-state index in [9.17, 15) is 14.4 Å². The first-order valence-corrected chi connectivity index (χ1v) is 8.24. The van der Waals surface area contributed by atoms with Crippen LogP contribution in [0.15, 0.2) is 48.5 Å². The number of imide groups is 1. The molecule has 2 aromatic carbocycles. The maximum absolute atomic E-state index is 12.6. The fourth-order valence-electron chi connectivity index (χ4n) is 2.75. The van der Waals surface area contributed by atoms with Crippen molar-refractivity contribution in [2.45, 2.75) is 12.5 Å². The molecule has 0 bridgehead atoms. The minimum atomic E-state index is -0.849. The van der Waals surface area contributed by atoms with Gasteiger partial charge in [-0.25, -0.2) is 10.3 Å². The second-order valence-electron chi connectivity index (χ2n) is 5.86. The van der Waals surface area contributed by atoms with Crippen LogP contribution >= 0.6 is 0 Å². The zero-order valence-electron chi connectivity index (χ0n) is 14.9. The summed E-state index contributed by atoms with van der Waals surface area (Å²) in [6, 6.07) is 12.4. The normalized spacial score (nSPS) is 16.4. The zero-order valence-corrected chi connectivity index (χ0v) is 14.9. The van der Waals surface area contributed by atoms with Crippen LogP contribution < -0.4 is 25.2 Å². The molecule has 1 fully saturated rings. The van der Waals surface area contributed by atoms with Crippen molar-refractivity contribution in [3.05, 3.63) is 54.1 Å². The van der Waals surface area contributed by atoms with Crippen molar-refractivity contribution in [1.29, 1.82) is 0 Å². The monoisotopic (exact) mass is 369 g/mol. The Balaban J connectivity index is 1.67. The number of carbonyl (C=O) groups excluding carboxylic acids is 3. The Morgan fingerprint density at radius 3 is 2.41 bits per heavy atom. The van der Waals surface area contributed by atoms with E-state index in [2.05, 4.69) is 10.9 Å². The van der Waals surface area contributed by atoms with Gasteiger partial charge in [0.25, 0.3) is 11.8 Å². The molecule has 0 aliphatic carbocycles. The Kier molecular flexibility index (Phi) is 5.37. The predicted molar refractivity (Wildman–Crippen MR) is 97.5 cm³/mol. The molecule has 27 heavy (non-hydrogen) atoms. The van der Waals surface area contributed by atoms with E-state index in [-0.39, 0.29) is 12.3 Å². The van der Waals surface area contributed by atoms with Gasteiger partial charge in [-0.3, -0.25) is 19.8 Å². The van der Waals surface area contributed by atoms with Gasteiger partial charge in [-0.15, -0.1) is 0 Å². The van der Waals surface area contributed by atoms with Gasteiger partial charge in [0.05, 0.1) is 26.3 Å². The molecule has 0 spiro atoms. The van der Waals surface area contributed by atoms with Crippen LogP contribution in [0.1, 0.15) is 16.8 Å². The average Bonchev–Trinajstić information content (AvgIpc) is 2.99. The number of benzene rings is 2. The van der Waals surface area contributed by atoms with E-state index in [1.54, 1.807) is 48.5 Å². The fourth-order valence-corrected chi connectivity index (χ4v) is 2.75. The van der Waals surface area contributed by atoms with Crippen LogP contribution in [0.4, 0.5) is 5.69 Å². The molecule has 0 unspecified atom stereocenters.